The molecule has 134 valence electrons. The van der Waals surface area contributed by atoms with E-state index in [2.05, 4.69) is 25.9 Å². The van der Waals surface area contributed by atoms with Crippen molar-refractivity contribution in [1.29, 1.82) is 0 Å². The molecule has 2 aromatic rings. The number of benzene rings is 1. The Labute approximate surface area is 145 Å². The van der Waals surface area contributed by atoms with Crippen LogP contribution < -0.4 is 5.32 Å². The Kier molecular flexibility index (Phi) is 6.04. The fourth-order valence-electron chi connectivity index (χ4n) is 1.94. The Morgan fingerprint density at radius 1 is 1.24 bits per heavy atom. The maximum atomic E-state index is 12.1. The van der Waals surface area contributed by atoms with Gasteiger partial charge in [0.05, 0.1) is 6.42 Å². The number of amides is 1. The minimum Gasteiger partial charge on any atom is -0.461 e. The number of tetrazole rings is 1. The molecule has 0 unspecified atom stereocenters. The van der Waals surface area contributed by atoms with Crippen LogP contribution in [-0.2, 0) is 20.9 Å². The Bertz CT molecular complexity index is 682. The molecule has 9 nitrogen and oxygen atoms in total. The second kappa shape index (κ2) is 8.22. The fourth-order valence-corrected chi connectivity index (χ4v) is 1.94. The van der Waals surface area contributed by atoms with Gasteiger partial charge in [0.2, 0.25) is 0 Å². The molecule has 1 amide bonds. The van der Waals surface area contributed by atoms with E-state index in [-0.39, 0.29) is 18.9 Å². The molecule has 1 aromatic heterocycles. The van der Waals surface area contributed by atoms with E-state index in [9.17, 15) is 9.59 Å². The summed E-state index contributed by atoms with van der Waals surface area (Å²) in [6, 6.07) is 8.48. The van der Waals surface area contributed by atoms with Crippen molar-refractivity contribution in [2.24, 2.45) is 0 Å². The molecule has 2 rings (SSSR count). The van der Waals surface area contributed by atoms with Gasteiger partial charge in [0.15, 0.2) is 5.82 Å². The van der Waals surface area contributed by atoms with E-state index in [1.165, 1.54) is 0 Å². The summed E-state index contributed by atoms with van der Waals surface area (Å²) in [6.07, 6.45) is -0.829. The summed E-state index contributed by atoms with van der Waals surface area (Å²) in [4.78, 5) is 24.0. The molecule has 1 heterocycles. The molecular weight excluding hydrogens is 326 g/mol. The minimum atomic E-state index is -0.808. The lowest BCUT2D eigenvalue weighted by Crippen LogP contribution is -2.36. The molecule has 0 fully saturated rings. The first-order valence-electron chi connectivity index (χ1n) is 7.76. The molecule has 9 heteroatoms. The van der Waals surface area contributed by atoms with Gasteiger partial charge in [-0.3, -0.25) is 4.79 Å². The number of esters is 1. The Hall–Kier alpha value is -2.97. The van der Waals surface area contributed by atoms with Crippen LogP contribution in [0.1, 0.15) is 44.6 Å². The van der Waals surface area contributed by atoms with Crippen molar-refractivity contribution in [3.63, 3.8) is 0 Å². The smallest absolute Gasteiger partial charge is 0.408 e. The maximum absolute atomic E-state index is 12.1. The average molecular weight is 347 g/mol. The summed E-state index contributed by atoms with van der Waals surface area (Å²) in [5.41, 5.74) is 0.201. The molecule has 0 saturated carbocycles. The van der Waals surface area contributed by atoms with Crippen molar-refractivity contribution in [2.45, 2.75) is 45.4 Å². The lowest BCUT2D eigenvalue weighted by Gasteiger charge is -2.22. The highest BCUT2D eigenvalue weighted by Crippen LogP contribution is 2.15. The van der Waals surface area contributed by atoms with Gasteiger partial charge in [0.25, 0.3) is 0 Å². The number of carbonyl (C=O) groups is 2. The number of aromatic nitrogens is 4. The van der Waals surface area contributed by atoms with Crippen LogP contribution in [0.5, 0.6) is 0 Å². The lowest BCUT2D eigenvalue weighted by molar-refractivity contribution is -0.145. The summed E-state index contributed by atoms with van der Waals surface area (Å²) in [5, 5.41) is 15.9. The highest BCUT2D eigenvalue weighted by Gasteiger charge is 2.26. The van der Waals surface area contributed by atoms with E-state index >= 15 is 0 Å². The number of rotatable bonds is 6. The van der Waals surface area contributed by atoms with Crippen molar-refractivity contribution in [1.82, 2.24) is 25.9 Å². The number of H-pyrrole nitrogens is 1. The Balaban J connectivity index is 1.94. The first kappa shape index (κ1) is 18.4. The third-order valence-corrected chi connectivity index (χ3v) is 2.98. The second-order valence-corrected chi connectivity index (χ2v) is 6.32. The van der Waals surface area contributed by atoms with Gasteiger partial charge in [-0.15, -0.1) is 10.2 Å². The number of alkyl carbamates (subject to hydrolysis) is 1. The first-order chi connectivity index (χ1) is 11.8. The average Bonchev–Trinajstić information content (AvgIpc) is 3.06. The number of nitrogens with zero attached hydrogens (tertiary/aromatic N) is 3. The molecule has 1 aromatic carbocycles. The summed E-state index contributed by atoms with van der Waals surface area (Å²) in [7, 11) is 0. The SMILES string of the molecule is CC(C)(C)OC(=O)N[C@@H](CC(=O)OCc1ccccc1)c1nn[nH]n1. The van der Waals surface area contributed by atoms with E-state index in [0.717, 1.165) is 5.56 Å². The molecule has 0 spiro atoms. The highest BCUT2D eigenvalue weighted by atomic mass is 16.6. The zero-order valence-corrected chi connectivity index (χ0v) is 14.4. The first-order valence-corrected chi connectivity index (χ1v) is 7.76. The number of hydrogen-bond donors (Lipinski definition) is 2. The number of nitrogens with one attached hydrogen (secondary N) is 2. The molecule has 0 radical (unpaired) electrons. The van der Waals surface area contributed by atoms with Crippen LogP contribution in [0.4, 0.5) is 4.79 Å². The summed E-state index contributed by atoms with van der Waals surface area (Å²) < 4.78 is 10.4. The number of aromatic amines is 1. The molecule has 0 bridgehead atoms. The van der Waals surface area contributed by atoms with Crippen LogP contribution in [0.2, 0.25) is 0 Å². The maximum Gasteiger partial charge on any atom is 0.408 e. The van der Waals surface area contributed by atoms with Crippen molar-refractivity contribution < 1.29 is 19.1 Å². The topological polar surface area (TPSA) is 119 Å². The standard InChI is InChI=1S/C16H21N5O4/c1-16(2,3)25-15(23)17-12(14-18-20-21-19-14)9-13(22)24-10-11-7-5-4-6-8-11/h4-8,12H,9-10H2,1-3H3,(H,17,23)(H,18,19,20,21)/t12-/m0/s1. The third kappa shape index (κ3) is 6.58. The number of carbonyl (C=O) groups excluding carboxylic acids is 2. The fraction of sp³-hybridized carbons (Fsp3) is 0.438. The molecule has 25 heavy (non-hydrogen) atoms. The van der Waals surface area contributed by atoms with E-state index in [1.807, 2.05) is 30.3 Å². The van der Waals surface area contributed by atoms with E-state index in [4.69, 9.17) is 9.47 Å². The zero-order chi connectivity index (χ0) is 18.3. The number of ether oxygens (including phenoxy) is 2. The predicted molar refractivity (Wildman–Crippen MR) is 87.1 cm³/mol. The quantitative estimate of drug-likeness (QED) is 0.766. The number of hydrogen-bond acceptors (Lipinski definition) is 7. The van der Waals surface area contributed by atoms with Crippen molar-refractivity contribution in [3.8, 4) is 0 Å². The van der Waals surface area contributed by atoms with Crippen molar-refractivity contribution in [3.05, 3.63) is 41.7 Å². The van der Waals surface area contributed by atoms with Gasteiger partial charge < -0.3 is 14.8 Å². The summed E-state index contributed by atoms with van der Waals surface area (Å²) >= 11 is 0. The van der Waals surface area contributed by atoms with Gasteiger partial charge in [0.1, 0.15) is 18.2 Å². The normalized spacial score (nSPS) is 12.3. The van der Waals surface area contributed by atoms with Crippen molar-refractivity contribution in [2.75, 3.05) is 0 Å². The molecule has 1 atom stereocenters. The van der Waals surface area contributed by atoms with Crippen LogP contribution in [0.25, 0.3) is 0 Å². The zero-order valence-electron chi connectivity index (χ0n) is 14.4. The highest BCUT2D eigenvalue weighted by molar-refractivity contribution is 5.73. The lowest BCUT2D eigenvalue weighted by atomic mass is 10.2. The third-order valence-electron chi connectivity index (χ3n) is 2.98. The van der Waals surface area contributed by atoms with Gasteiger partial charge in [-0.1, -0.05) is 35.5 Å². The largest absolute Gasteiger partial charge is 0.461 e. The molecule has 0 aliphatic rings. The Morgan fingerprint density at radius 3 is 2.56 bits per heavy atom. The molecule has 2 N–H and O–H groups in total. The molecule has 0 aliphatic carbocycles. The van der Waals surface area contributed by atoms with E-state index < -0.39 is 23.7 Å². The van der Waals surface area contributed by atoms with Crippen molar-refractivity contribution >= 4 is 12.1 Å². The molecular formula is C16H21N5O4. The Morgan fingerprint density at radius 2 is 1.96 bits per heavy atom. The minimum absolute atomic E-state index is 0.144. The summed E-state index contributed by atoms with van der Waals surface area (Å²) in [5.74, 6) is -0.336. The predicted octanol–water partition coefficient (Wildman–Crippen LogP) is 1.90. The van der Waals surface area contributed by atoms with Gasteiger partial charge >= 0.3 is 12.1 Å². The van der Waals surface area contributed by atoms with E-state index in [0.29, 0.717) is 0 Å². The monoisotopic (exact) mass is 347 g/mol. The van der Waals surface area contributed by atoms with Gasteiger partial charge in [-0.25, -0.2) is 4.79 Å². The van der Waals surface area contributed by atoms with Crippen LogP contribution >= 0.6 is 0 Å². The van der Waals surface area contributed by atoms with E-state index in [1.54, 1.807) is 20.8 Å². The van der Waals surface area contributed by atoms with Gasteiger partial charge in [0, 0.05) is 0 Å². The molecule has 0 saturated heterocycles. The van der Waals surface area contributed by atoms with Crippen LogP contribution in [0.3, 0.4) is 0 Å². The van der Waals surface area contributed by atoms with Crippen LogP contribution in [0, 0.1) is 0 Å². The molecule has 0 aliphatic heterocycles. The van der Waals surface area contributed by atoms with Crippen LogP contribution in [0.15, 0.2) is 30.3 Å². The van der Waals surface area contributed by atoms with Crippen LogP contribution in [-0.4, -0.2) is 38.3 Å². The van der Waals surface area contributed by atoms with Gasteiger partial charge in [-0.2, -0.15) is 5.21 Å². The summed E-state index contributed by atoms with van der Waals surface area (Å²) in [6.45, 7) is 5.36. The van der Waals surface area contributed by atoms with Gasteiger partial charge in [-0.05, 0) is 26.3 Å². The second-order valence-electron chi connectivity index (χ2n) is 6.32.